The molecule has 1 aromatic carbocycles. The molecule has 7 nitrogen and oxygen atoms in total. The van der Waals surface area contributed by atoms with E-state index in [9.17, 15) is 9.59 Å². The molecule has 0 saturated heterocycles. The van der Waals surface area contributed by atoms with Crippen LogP contribution in [0, 0.1) is 0 Å². The number of methoxy groups -OCH3 is 1. The highest BCUT2D eigenvalue weighted by Gasteiger charge is 2.31. The standard InChI is InChI=1S/C21H26O7/c1-7-12(3)20(22)27-14(5)18(28-21(23)13(4)8-2)15-9-16(24-6)19-17(10-15)25-11-26-19/h7-10,14,18H,11H2,1-6H3/b12-7-,13-8-/t14-,18-/m1/s1. The molecule has 0 saturated carbocycles. The van der Waals surface area contributed by atoms with Crippen molar-refractivity contribution in [2.75, 3.05) is 13.9 Å². The van der Waals surface area contributed by atoms with E-state index in [1.807, 2.05) is 0 Å². The molecule has 0 aliphatic carbocycles. The summed E-state index contributed by atoms with van der Waals surface area (Å²) in [6, 6.07) is 3.38. The molecule has 0 spiro atoms. The predicted molar refractivity (Wildman–Crippen MR) is 102 cm³/mol. The Kier molecular flexibility index (Phi) is 7.09. The topological polar surface area (TPSA) is 80.3 Å². The molecule has 7 heteroatoms. The molecule has 152 valence electrons. The van der Waals surface area contributed by atoms with Crippen LogP contribution in [0.15, 0.2) is 35.4 Å². The zero-order chi connectivity index (χ0) is 20.8. The molecular formula is C21H26O7. The van der Waals surface area contributed by atoms with Crippen molar-refractivity contribution in [2.45, 2.75) is 46.8 Å². The fourth-order valence-corrected chi connectivity index (χ4v) is 2.52. The van der Waals surface area contributed by atoms with Gasteiger partial charge in [0.15, 0.2) is 17.6 Å². The van der Waals surface area contributed by atoms with E-state index in [0.717, 1.165) is 0 Å². The normalized spacial score (nSPS) is 15.6. The Balaban J connectivity index is 2.40. The van der Waals surface area contributed by atoms with Gasteiger partial charge in [-0.3, -0.25) is 0 Å². The zero-order valence-corrected chi connectivity index (χ0v) is 17.0. The van der Waals surface area contributed by atoms with Crippen molar-refractivity contribution >= 4 is 11.9 Å². The summed E-state index contributed by atoms with van der Waals surface area (Å²) in [7, 11) is 1.50. The average Bonchev–Trinajstić information content (AvgIpc) is 3.18. The van der Waals surface area contributed by atoms with Gasteiger partial charge in [-0.15, -0.1) is 0 Å². The number of esters is 2. The highest BCUT2D eigenvalue weighted by molar-refractivity contribution is 5.88. The van der Waals surface area contributed by atoms with Crippen LogP contribution < -0.4 is 14.2 Å². The number of allylic oxidation sites excluding steroid dienone is 2. The Hall–Kier alpha value is -2.96. The summed E-state index contributed by atoms with van der Waals surface area (Å²) >= 11 is 0. The van der Waals surface area contributed by atoms with Crippen molar-refractivity contribution < 1.29 is 33.3 Å². The smallest absolute Gasteiger partial charge is 0.334 e. The van der Waals surface area contributed by atoms with Crippen LogP contribution >= 0.6 is 0 Å². The van der Waals surface area contributed by atoms with Crippen molar-refractivity contribution in [3.05, 3.63) is 41.0 Å². The van der Waals surface area contributed by atoms with E-state index in [1.54, 1.807) is 58.9 Å². The minimum Gasteiger partial charge on any atom is -0.493 e. The van der Waals surface area contributed by atoms with Crippen LogP contribution in [0.5, 0.6) is 17.2 Å². The van der Waals surface area contributed by atoms with Crippen molar-refractivity contribution in [3.8, 4) is 17.2 Å². The number of ether oxygens (including phenoxy) is 5. The van der Waals surface area contributed by atoms with Crippen molar-refractivity contribution in [1.29, 1.82) is 0 Å². The fraction of sp³-hybridized carbons (Fsp3) is 0.429. The molecule has 0 aromatic heterocycles. The van der Waals surface area contributed by atoms with Gasteiger partial charge in [-0.05, 0) is 46.8 Å². The number of hydrogen-bond donors (Lipinski definition) is 0. The number of fused-ring (bicyclic) bond motifs is 1. The minimum absolute atomic E-state index is 0.0717. The molecule has 1 aliphatic heterocycles. The lowest BCUT2D eigenvalue weighted by atomic mass is 10.0. The molecule has 0 fully saturated rings. The minimum atomic E-state index is -0.862. The van der Waals surface area contributed by atoms with Crippen molar-refractivity contribution in [2.24, 2.45) is 0 Å². The van der Waals surface area contributed by atoms with Crippen LogP contribution in [-0.2, 0) is 19.1 Å². The fourth-order valence-electron chi connectivity index (χ4n) is 2.52. The van der Waals surface area contributed by atoms with Gasteiger partial charge in [0.05, 0.1) is 7.11 Å². The molecule has 2 rings (SSSR count). The van der Waals surface area contributed by atoms with Gasteiger partial charge in [-0.2, -0.15) is 0 Å². The highest BCUT2D eigenvalue weighted by atomic mass is 16.7. The summed E-state index contributed by atoms with van der Waals surface area (Å²) in [5.41, 5.74) is 1.47. The second-order valence-electron chi connectivity index (χ2n) is 6.34. The van der Waals surface area contributed by atoms with Gasteiger partial charge in [0.1, 0.15) is 6.10 Å². The molecule has 0 radical (unpaired) electrons. The van der Waals surface area contributed by atoms with Gasteiger partial charge >= 0.3 is 11.9 Å². The quantitative estimate of drug-likeness (QED) is 0.516. The van der Waals surface area contributed by atoms with Gasteiger partial charge in [-0.25, -0.2) is 9.59 Å². The third kappa shape index (κ3) is 4.65. The molecule has 1 aromatic rings. The highest BCUT2D eigenvalue weighted by Crippen LogP contribution is 2.44. The largest absolute Gasteiger partial charge is 0.493 e. The Labute approximate surface area is 164 Å². The zero-order valence-electron chi connectivity index (χ0n) is 17.0. The Morgan fingerprint density at radius 2 is 1.64 bits per heavy atom. The van der Waals surface area contributed by atoms with Gasteiger partial charge in [0, 0.05) is 16.7 Å². The first kappa shape index (κ1) is 21.3. The molecule has 0 N–H and O–H groups in total. The molecule has 2 atom stereocenters. The van der Waals surface area contributed by atoms with E-state index in [2.05, 4.69) is 0 Å². The lowest BCUT2D eigenvalue weighted by Gasteiger charge is -2.25. The van der Waals surface area contributed by atoms with E-state index in [-0.39, 0.29) is 6.79 Å². The third-order valence-electron chi connectivity index (χ3n) is 4.47. The summed E-state index contributed by atoms with van der Waals surface area (Å²) in [5, 5.41) is 0. The number of carbonyl (C=O) groups is 2. The van der Waals surface area contributed by atoms with Gasteiger partial charge < -0.3 is 23.7 Å². The Bertz CT molecular complexity index is 807. The summed E-state index contributed by atoms with van der Waals surface area (Å²) in [5.74, 6) is 0.412. The van der Waals surface area contributed by atoms with Gasteiger partial charge in [0.2, 0.25) is 12.5 Å². The second kappa shape index (κ2) is 9.30. The molecule has 28 heavy (non-hydrogen) atoms. The molecular weight excluding hydrogens is 364 g/mol. The monoisotopic (exact) mass is 390 g/mol. The summed E-state index contributed by atoms with van der Waals surface area (Å²) in [6.07, 6.45) is 1.70. The van der Waals surface area contributed by atoms with Crippen LogP contribution in [-0.4, -0.2) is 31.9 Å². The van der Waals surface area contributed by atoms with Crippen LogP contribution in [0.4, 0.5) is 0 Å². The molecule has 1 aliphatic rings. The molecule has 0 bridgehead atoms. The molecule has 1 heterocycles. The molecule has 0 amide bonds. The Morgan fingerprint density at radius 1 is 1.04 bits per heavy atom. The van der Waals surface area contributed by atoms with Crippen molar-refractivity contribution in [1.82, 2.24) is 0 Å². The van der Waals surface area contributed by atoms with Crippen LogP contribution in [0.1, 0.15) is 46.3 Å². The van der Waals surface area contributed by atoms with Gasteiger partial charge in [0.25, 0.3) is 0 Å². The lowest BCUT2D eigenvalue weighted by molar-refractivity contribution is -0.162. The molecule has 0 unspecified atom stereocenters. The number of carbonyl (C=O) groups excluding carboxylic acids is 2. The predicted octanol–water partition coefficient (Wildman–Crippen LogP) is 3.87. The first-order chi connectivity index (χ1) is 13.3. The maximum Gasteiger partial charge on any atom is 0.334 e. The van der Waals surface area contributed by atoms with Crippen LogP contribution in [0.2, 0.25) is 0 Å². The summed E-state index contributed by atoms with van der Waals surface area (Å²) < 4.78 is 27.4. The van der Waals surface area contributed by atoms with Crippen LogP contribution in [0.25, 0.3) is 0 Å². The van der Waals surface area contributed by atoms with E-state index in [4.69, 9.17) is 23.7 Å². The van der Waals surface area contributed by atoms with E-state index in [1.165, 1.54) is 7.11 Å². The lowest BCUT2D eigenvalue weighted by Crippen LogP contribution is -2.27. The number of benzene rings is 1. The van der Waals surface area contributed by atoms with Gasteiger partial charge in [-0.1, -0.05) is 12.2 Å². The maximum atomic E-state index is 12.4. The second-order valence-corrected chi connectivity index (χ2v) is 6.34. The Morgan fingerprint density at radius 3 is 2.21 bits per heavy atom. The van der Waals surface area contributed by atoms with E-state index >= 15 is 0 Å². The van der Waals surface area contributed by atoms with E-state index < -0.39 is 24.1 Å². The van der Waals surface area contributed by atoms with Crippen molar-refractivity contribution in [3.63, 3.8) is 0 Å². The van der Waals surface area contributed by atoms with E-state index in [0.29, 0.717) is 34.0 Å². The number of hydrogen-bond acceptors (Lipinski definition) is 7. The summed E-state index contributed by atoms with van der Waals surface area (Å²) in [4.78, 5) is 24.6. The maximum absolute atomic E-state index is 12.4. The summed E-state index contributed by atoms with van der Waals surface area (Å²) in [6.45, 7) is 8.54. The third-order valence-corrected chi connectivity index (χ3v) is 4.47. The number of rotatable bonds is 7. The first-order valence-electron chi connectivity index (χ1n) is 8.97. The SMILES string of the molecule is C/C=C(/C)C(=O)O[C@H](C)[C@@H](OC(=O)/C(C)=C\C)c1cc(OC)c2c(c1)OCO2. The van der Waals surface area contributed by atoms with Crippen LogP contribution in [0.3, 0.4) is 0 Å². The average molecular weight is 390 g/mol. The first-order valence-corrected chi connectivity index (χ1v) is 8.97.